The lowest BCUT2D eigenvalue weighted by atomic mass is 9.77. The monoisotopic (exact) mass is 293 g/mol. The van der Waals surface area contributed by atoms with E-state index < -0.39 is 12.6 Å². The van der Waals surface area contributed by atoms with Crippen molar-refractivity contribution in [3.05, 3.63) is 24.3 Å². The van der Waals surface area contributed by atoms with Gasteiger partial charge in [-0.3, -0.25) is 4.79 Å². The average molecular weight is 293 g/mol. The number of amides is 1. The number of ether oxygens (including phenoxy) is 2. The maximum Gasteiger partial charge on any atom is 0.341 e. The highest BCUT2D eigenvalue weighted by molar-refractivity contribution is 5.91. The zero-order valence-electron chi connectivity index (χ0n) is 11.9. The highest BCUT2D eigenvalue weighted by Gasteiger charge is 2.38. The third kappa shape index (κ3) is 4.19. The van der Waals surface area contributed by atoms with Crippen molar-refractivity contribution in [3.8, 4) is 5.75 Å². The van der Waals surface area contributed by atoms with Crippen molar-refractivity contribution in [2.75, 3.05) is 19.0 Å². The zero-order chi connectivity index (χ0) is 15.3. The Balaban J connectivity index is 1.91. The molecule has 2 N–H and O–H groups in total. The van der Waals surface area contributed by atoms with Crippen LogP contribution in [0.1, 0.15) is 25.7 Å². The molecule has 1 amide bonds. The third-order valence-electron chi connectivity index (χ3n) is 3.66. The van der Waals surface area contributed by atoms with Gasteiger partial charge in [0, 0.05) is 18.9 Å². The Bertz CT molecular complexity index is 519. The van der Waals surface area contributed by atoms with Crippen molar-refractivity contribution in [3.63, 3.8) is 0 Å². The summed E-state index contributed by atoms with van der Waals surface area (Å²) in [5, 5.41) is 11.4. The molecule has 0 spiro atoms. The molecule has 6 nitrogen and oxygen atoms in total. The Hall–Kier alpha value is -2.08. The molecule has 0 atom stereocenters. The molecule has 114 valence electrons. The van der Waals surface area contributed by atoms with Crippen molar-refractivity contribution in [2.24, 2.45) is 0 Å². The van der Waals surface area contributed by atoms with Crippen LogP contribution in [0.25, 0.3) is 0 Å². The van der Waals surface area contributed by atoms with Crippen LogP contribution >= 0.6 is 0 Å². The number of rotatable bonds is 7. The highest BCUT2D eigenvalue weighted by atomic mass is 16.5. The Morgan fingerprint density at radius 3 is 2.71 bits per heavy atom. The van der Waals surface area contributed by atoms with Gasteiger partial charge in [0.1, 0.15) is 5.75 Å². The van der Waals surface area contributed by atoms with E-state index >= 15 is 0 Å². The van der Waals surface area contributed by atoms with Gasteiger partial charge in [-0.05, 0) is 31.4 Å². The fourth-order valence-electron chi connectivity index (χ4n) is 2.33. The number of benzene rings is 1. The van der Waals surface area contributed by atoms with E-state index in [-0.39, 0.29) is 11.5 Å². The van der Waals surface area contributed by atoms with Crippen LogP contribution in [0.3, 0.4) is 0 Å². The average Bonchev–Trinajstić information content (AvgIpc) is 2.41. The molecule has 1 aliphatic rings. The maximum absolute atomic E-state index is 12.0. The Kier molecular flexibility index (Phi) is 4.80. The second-order valence-corrected chi connectivity index (χ2v) is 5.18. The minimum atomic E-state index is -1.04. The molecule has 0 saturated heterocycles. The standard InChI is InChI=1S/C15H19NO5/c1-20-15(6-3-7-15)9-13(17)16-11-4-2-5-12(8-11)21-10-14(18)19/h2,4-5,8H,3,6-7,9-10H2,1H3,(H,16,17)(H,18,19). The van der Waals surface area contributed by atoms with E-state index in [1.165, 1.54) is 0 Å². The van der Waals surface area contributed by atoms with E-state index in [0.717, 1.165) is 19.3 Å². The molecule has 0 bridgehead atoms. The molecule has 6 heteroatoms. The van der Waals surface area contributed by atoms with Crippen LogP contribution < -0.4 is 10.1 Å². The van der Waals surface area contributed by atoms with E-state index in [0.29, 0.717) is 17.9 Å². The maximum atomic E-state index is 12.0. The predicted octanol–water partition coefficient (Wildman–Crippen LogP) is 2.05. The molecule has 21 heavy (non-hydrogen) atoms. The van der Waals surface area contributed by atoms with Crippen molar-refractivity contribution < 1.29 is 24.2 Å². The van der Waals surface area contributed by atoms with Crippen LogP contribution in [0, 0.1) is 0 Å². The number of carboxylic acids is 1. The third-order valence-corrected chi connectivity index (χ3v) is 3.66. The highest BCUT2D eigenvalue weighted by Crippen LogP contribution is 2.38. The first-order chi connectivity index (χ1) is 10.0. The topological polar surface area (TPSA) is 84.9 Å². The van der Waals surface area contributed by atoms with Crippen molar-refractivity contribution >= 4 is 17.6 Å². The Morgan fingerprint density at radius 1 is 1.38 bits per heavy atom. The quantitative estimate of drug-likeness (QED) is 0.803. The lowest BCUT2D eigenvalue weighted by Crippen LogP contribution is -2.42. The molecule has 1 saturated carbocycles. The van der Waals surface area contributed by atoms with E-state index in [9.17, 15) is 9.59 Å². The van der Waals surface area contributed by atoms with Gasteiger partial charge in [0.25, 0.3) is 0 Å². The summed E-state index contributed by atoms with van der Waals surface area (Å²) in [6, 6.07) is 6.66. The second kappa shape index (κ2) is 6.58. The lowest BCUT2D eigenvalue weighted by Gasteiger charge is -2.39. The van der Waals surface area contributed by atoms with Crippen molar-refractivity contribution in [1.82, 2.24) is 0 Å². The smallest absolute Gasteiger partial charge is 0.341 e. The molecule has 0 aromatic heterocycles. The van der Waals surface area contributed by atoms with E-state index in [4.69, 9.17) is 14.6 Å². The first-order valence-corrected chi connectivity index (χ1v) is 6.83. The minimum Gasteiger partial charge on any atom is -0.482 e. The van der Waals surface area contributed by atoms with E-state index in [1.54, 1.807) is 31.4 Å². The number of methoxy groups -OCH3 is 1. The number of nitrogens with one attached hydrogen (secondary N) is 1. The van der Waals surface area contributed by atoms with Gasteiger partial charge in [-0.2, -0.15) is 0 Å². The summed E-state index contributed by atoms with van der Waals surface area (Å²) in [4.78, 5) is 22.5. The second-order valence-electron chi connectivity index (χ2n) is 5.18. The van der Waals surface area contributed by atoms with Gasteiger partial charge >= 0.3 is 5.97 Å². The number of anilines is 1. The number of hydrogen-bond acceptors (Lipinski definition) is 4. The van der Waals surface area contributed by atoms with Crippen molar-refractivity contribution in [1.29, 1.82) is 0 Å². The summed E-state index contributed by atoms with van der Waals surface area (Å²) in [6.45, 7) is -0.413. The van der Waals surface area contributed by atoms with Gasteiger partial charge in [-0.25, -0.2) is 4.79 Å². The van der Waals surface area contributed by atoms with Gasteiger partial charge in [0.15, 0.2) is 6.61 Å². The molecular formula is C15H19NO5. The number of carbonyl (C=O) groups excluding carboxylic acids is 1. The number of aliphatic carboxylic acids is 1. The normalized spacial score (nSPS) is 15.9. The van der Waals surface area contributed by atoms with Crippen LogP contribution in [0.4, 0.5) is 5.69 Å². The minimum absolute atomic E-state index is 0.119. The van der Waals surface area contributed by atoms with Crippen molar-refractivity contribution in [2.45, 2.75) is 31.3 Å². The van der Waals surface area contributed by atoms with Gasteiger partial charge in [-0.15, -0.1) is 0 Å². The summed E-state index contributed by atoms with van der Waals surface area (Å²) in [5.74, 6) is -0.760. The molecule has 2 rings (SSSR count). The largest absolute Gasteiger partial charge is 0.482 e. The zero-order valence-corrected chi connectivity index (χ0v) is 11.9. The van der Waals surface area contributed by atoms with Crippen LogP contribution in [0.5, 0.6) is 5.75 Å². The van der Waals surface area contributed by atoms with Gasteiger partial charge in [-0.1, -0.05) is 6.07 Å². The summed E-state index contributed by atoms with van der Waals surface area (Å²) in [5.41, 5.74) is 0.259. The first kappa shape index (κ1) is 15.3. The van der Waals surface area contributed by atoms with E-state index in [2.05, 4.69) is 5.32 Å². The number of carboxylic acid groups (broad SMARTS) is 1. The molecule has 1 aromatic carbocycles. The summed E-state index contributed by atoms with van der Waals surface area (Å²) >= 11 is 0. The number of carbonyl (C=O) groups is 2. The van der Waals surface area contributed by atoms with Gasteiger partial charge in [0.05, 0.1) is 12.0 Å². The van der Waals surface area contributed by atoms with Crippen LogP contribution in [-0.2, 0) is 14.3 Å². The SMILES string of the molecule is COC1(CC(=O)Nc2cccc(OCC(=O)O)c2)CCC1. The van der Waals surface area contributed by atoms with Gasteiger partial charge < -0.3 is 19.9 Å². The molecule has 1 fully saturated rings. The fraction of sp³-hybridized carbons (Fsp3) is 0.467. The van der Waals surface area contributed by atoms with Crippen LogP contribution in [-0.4, -0.2) is 36.3 Å². The lowest BCUT2D eigenvalue weighted by molar-refractivity contribution is -0.139. The van der Waals surface area contributed by atoms with Gasteiger partial charge in [0.2, 0.25) is 5.91 Å². The Labute approximate surface area is 123 Å². The molecule has 1 aromatic rings. The predicted molar refractivity (Wildman–Crippen MR) is 76.4 cm³/mol. The summed E-state index contributed by atoms with van der Waals surface area (Å²) in [6.07, 6.45) is 3.21. The fourth-order valence-corrected chi connectivity index (χ4v) is 2.33. The molecule has 0 radical (unpaired) electrons. The summed E-state index contributed by atoms with van der Waals surface area (Å²) < 4.78 is 10.5. The van der Waals surface area contributed by atoms with E-state index in [1.807, 2.05) is 0 Å². The first-order valence-electron chi connectivity index (χ1n) is 6.83. The molecule has 0 heterocycles. The van der Waals surface area contributed by atoms with Crippen LogP contribution in [0.2, 0.25) is 0 Å². The summed E-state index contributed by atoms with van der Waals surface area (Å²) in [7, 11) is 1.63. The molecule has 0 aliphatic heterocycles. The number of hydrogen-bond donors (Lipinski definition) is 2. The molecular weight excluding hydrogens is 274 g/mol. The molecule has 0 unspecified atom stereocenters. The molecule has 1 aliphatic carbocycles. The Morgan fingerprint density at radius 2 is 2.14 bits per heavy atom. The van der Waals surface area contributed by atoms with Crippen LogP contribution in [0.15, 0.2) is 24.3 Å².